The fraction of sp³-hybridized carbons (Fsp3) is 0.462. The Balaban J connectivity index is 2.30. The second-order valence-electron chi connectivity index (χ2n) is 4.58. The van der Waals surface area contributed by atoms with Crippen LogP contribution >= 0.6 is 0 Å². The molecule has 0 aliphatic heterocycles. The van der Waals surface area contributed by atoms with Gasteiger partial charge in [-0.1, -0.05) is 18.6 Å². The first-order chi connectivity index (χ1) is 8.61. The van der Waals surface area contributed by atoms with Crippen LogP contribution in [0.3, 0.4) is 0 Å². The van der Waals surface area contributed by atoms with Gasteiger partial charge in [0.15, 0.2) is 0 Å². The van der Waals surface area contributed by atoms with Crippen LogP contribution in [-0.2, 0) is 4.79 Å². The van der Waals surface area contributed by atoms with Crippen molar-refractivity contribution in [2.45, 2.75) is 31.8 Å². The molecule has 0 amide bonds. The van der Waals surface area contributed by atoms with Gasteiger partial charge in [0.25, 0.3) is 5.69 Å². The first-order valence-corrected chi connectivity index (χ1v) is 6.05. The summed E-state index contributed by atoms with van der Waals surface area (Å²) in [6.45, 7) is 0. The van der Waals surface area contributed by atoms with Gasteiger partial charge in [-0.15, -0.1) is 0 Å². The maximum atomic E-state index is 11.8. The molecule has 5 nitrogen and oxygen atoms in total. The van der Waals surface area contributed by atoms with Gasteiger partial charge in [0.05, 0.1) is 16.6 Å². The first kappa shape index (κ1) is 12.7. The Morgan fingerprint density at radius 1 is 1.33 bits per heavy atom. The molecule has 1 aromatic rings. The molecule has 1 N–H and O–H groups in total. The number of nitro benzene ring substituents is 1. The minimum atomic E-state index is -1.07. The molecule has 0 aromatic heterocycles. The molecule has 0 bridgehead atoms. The summed E-state index contributed by atoms with van der Waals surface area (Å²) in [5.41, 5.74) is 0.117. The van der Waals surface area contributed by atoms with Gasteiger partial charge in [-0.05, 0) is 18.9 Å². The van der Waals surface area contributed by atoms with Gasteiger partial charge in [0, 0.05) is 18.4 Å². The lowest BCUT2D eigenvalue weighted by Crippen LogP contribution is -2.26. The van der Waals surface area contributed by atoms with E-state index in [4.69, 9.17) is 0 Å². The fourth-order valence-electron chi connectivity index (χ4n) is 2.46. The van der Waals surface area contributed by atoms with Gasteiger partial charge in [-0.25, -0.2) is 0 Å². The van der Waals surface area contributed by atoms with Crippen LogP contribution in [-0.4, -0.2) is 15.8 Å². The van der Waals surface area contributed by atoms with Crippen molar-refractivity contribution in [2.24, 2.45) is 5.92 Å². The van der Waals surface area contributed by atoms with Gasteiger partial charge < -0.3 is 5.11 Å². The van der Waals surface area contributed by atoms with Crippen LogP contribution in [0.2, 0.25) is 0 Å². The molecule has 0 spiro atoms. The van der Waals surface area contributed by atoms with Crippen molar-refractivity contribution in [3.8, 4) is 0 Å². The van der Waals surface area contributed by atoms with E-state index in [1.54, 1.807) is 12.1 Å². The van der Waals surface area contributed by atoms with Gasteiger partial charge in [-0.3, -0.25) is 14.9 Å². The van der Waals surface area contributed by atoms with E-state index in [-0.39, 0.29) is 17.0 Å². The number of nitro groups is 1. The van der Waals surface area contributed by atoms with Gasteiger partial charge >= 0.3 is 0 Å². The lowest BCUT2D eigenvalue weighted by molar-refractivity contribution is -0.386. The van der Waals surface area contributed by atoms with E-state index in [0.717, 1.165) is 12.8 Å². The number of carbonyl (C=O) groups is 1. The van der Waals surface area contributed by atoms with Crippen LogP contribution in [0.25, 0.3) is 0 Å². The van der Waals surface area contributed by atoms with Crippen LogP contribution in [0, 0.1) is 16.0 Å². The highest BCUT2D eigenvalue weighted by Crippen LogP contribution is 2.35. The number of aliphatic hydroxyl groups is 1. The van der Waals surface area contributed by atoms with Gasteiger partial charge in [0.2, 0.25) is 0 Å². The number of ketones is 1. The van der Waals surface area contributed by atoms with E-state index in [0.29, 0.717) is 12.8 Å². The first-order valence-electron chi connectivity index (χ1n) is 6.05. The Morgan fingerprint density at radius 3 is 2.72 bits per heavy atom. The number of carbonyl (C=O) groups excluding carboxylic acids is 1. The number of benzene rings is 1. The maximum absolute atomic E-state index is 11.8. The van der Waals surface area contributed by atoms with Crippen molar-refractivity contribution < 1.29 is 14.8 Å². The average molecular weight is 249 g/mol. The molecule has 1 aromatic carbocycles. The lowest BCUT2D eigenvalue weighted by atomic mass is 9.81. The summed E-state index contributed by atoms with van der Waals surface area (Å²) in [7, 11) is 0. The molecule has 2 rings (SSSR count). The number of para-hydroxylation sites is 1. The molecular formula is C13H15NO4. The zero-order valence-electron chi connectivity index (χ0n) is 9.91. The van der Waals surface area contributed by atoms with Crippen LogP contribution in [0.15, 0.2) is 24.3 Å². The monoisotopic (exact) mass is 249 g/mol. The highest BCUT2D eigenvalue weighted by atomic mass is 16.6. The zero-order chi connectivity index (χ0) is 13.1. The van der Waals surface area contributed by atoms with Gasteiger partial charge in [0.1, 0.15) is 5.78 Å². The summed E-state index contributed by atoms with van der Waals surface area (Å²) in [4.78, 5) is 22.1. The summed E-state index contributed by atoms with van der Waals surface area (Å²) in [6, 6.07) is 6.06. The highest BCUT2D eigenvalue weighted by molar-refractivity contribution is 5.82. The van der Waals surface area contributed by atoms with Crippen molar-refractivity contribution in [2.75, 3.05) is 0 Å². The Morgan fingerprint density at radius 2 is 2.06 bits per heavy atom. The predicted molar refractivity (Wildman–Crippen MR) is 65.0 cm³/mol. The number of nitrogens with zero attached hydrogens (tertiary/aromatic N) is 1. The fourth-order valence-corrected chi connectivity index (χ4v) is 2.46. The van der Waals surface area contributed by atoms with Crippen LogP contribution in [0.1, 0.15) is 37.4 Å². The second-order valence-corrected chi connectivity index (χ2v) is 4.58. The van der Waals surface area contributed by atoms with Gasteiger partial charge in [-0.2, -0.15) is 0 Å². The molecule has 0 heterocycles. The van der Waals surface area contributed by atoms with E-state index in [1.165, 1.54) is 12.1 Å². The SMILES string of the molecule is O=C1CCCCC1[C@@H](O)c1ccccc1[N+](=O)[O-]. The topological polar surface area (TPSA) is 80.4 Å². The maximum Gasteiger partial charge on any atom is 0.275 e. The normalized spacial score (nSPS) is 21.6. The Bertz CT molecular complexity index is 472. The molecule has 0 saturated heterocycles. The smallest absolute Gasteiger partial charge is 0.275 e. The van der Waals surface area contributed by atoms with Crippen molar-refractivity contribution in [3.63, 3.8) is 0 Å². The molecule has 1 aliphatic carbocycles. The molecular weight excluding hydrogens is 234 g/mol. The Kier molecular flexibility index (Phi) is 3.72. The molecule has 18 heavy (non-hydrogen) atoms. The molecule has 1 fully saturated rings. The molecule has 96 valence electrons. The van der Waals surface area contributed by atoms with Crippen LogP contribution in [0.4, 0.5) is 5.69 Å². The summed E-state index contributed by atoms with van der Waals surface area (Å²) in [5, 5.41) is 21.1. The van der Waals surface area contributed by atoms with E-state index in [9.17, 15) is 20.0 Å². The number of rotatable bonds is 3. The molecule has 5 heteroatoms. The highest BCUT2D eigenvalue weighted by Gasteiger charge is 2.33. The minimum Gasteiger partial charge on any atom is -0.387 e. The van der Waals surface area contributed by atoms with Crippen LogP contribution in [0.5, 0.6) is 0 Å². The summed E-state index contributed by atoms with van der Waals surface area (Å²) in [5.74, 6) is -0.494. The van der Waals surface area contributed by atoms with E-state index in [1.807, 2.05) is 0 Å². The number of hydrogen-bond donors (Lipinski definition) is 1. The lowest BCUT2D eigenvalue weighted by Gasteiger charge is -2.25. The number of hydrogen-bond acceptors (Lipinski definition) is 4. The molecule has 2 atom stereocenters. The van der Waals surface area contributed by atoms with E-state index < -0.39 is 16.9 Å². The minimum absolute atomic E-state index is 0.00639. The third-order valence-corrected chi connectivity index (χ3v) is 3.44. The predicted octanol–water partition coefficient (Wildman–Crippen LogP) is 2.39. The molecule has 1 aliphatic rings. The third-order valence-electron chi connectivity index (χ3n) is 3.44. The van der Waals surface area contributed by atoms with Crippen LogP contribution < -0.4 is 0 Å². The number of Topliss-reactive ketones (excluding diaryl/α,β-unsaturated/α-hetero) is 1. The zero-order valence-corrected chi connectivity index (χ0v) is 9.91. The molecule has 0 radical (unpaired) electrons. The standard InChI is InChI=1S/C13H15NO4/c15-12-8-4-2-6-10(12)13(16)9-5-1-3-7-11(9)14(17)18/h1,3,5,7,10,13,16H,2,4,6,8H2/t10?,13-/m0/s1. The number of aliphatic hydroxyl groups excluding tert-OH is 1. The Hall–Kier alpha value is -1.75. The Labute approximate surface area is 105 Å². The largest absolute Gasteiger partial charge is 0.387 e. The van der Waals surface area contributed by atoms with Crippen molar-refractivity contribution in [3.05, 3.63) is 39.9 Å². The molecule has 1 saturated carbocycles. The summed E-state index contributed by atoms with van der Waals surface area (Å²) >= 11 is 0. The second kappa shape index (κ2) is 5.27. The third kappa shape index (κ3) is 2.41. The van der Waals surface area contributed by atoms with Crippen molar-refractivity contribution >= 4 is 11.5 Å². The van der Waals surface area contributed by atoms with Crippen molar-refractivity contribution in [1.82, 2.24) is 0 Å². The van der Waals surface area contributed by atoms with E-state index in [2.05, 4.69) is 0 Å². The average Bonchev–Trinajstić information content (AvgIpc) is 2.38. The van der Waals surface area contributed by atoms with Crippen molar-refractivity contribution in [1.29, 1.82) is 0 Å². The molecule has 1 unspecified atom stereocenters. The summed E-state index contributed by atoms with van der Waals surface area (Å²) in [6.07, 6.45) is 1.72. The van der Waals surface area contributed by atoms with E-state index >= 15 is 0 Å². The summed E-state index contributed by atoms with van der Waals surface area (Å²) < 4.78 is 0. The quantitative estimate of drug-likeness (QED) is 0.658.